The Balaban J connectivity index is 1.48. The number of amides is 1. The van der Waals surface area contributed by atoms with Gasteiger partial charge in [-0.3, -0.25) is 19.5 Å². The molecule has 35 heavy (non-hydrogen) atoms. The second-order valence-corrected chi connectivity index (χ2v) is 9.44. The van der Waals surface area contributed by atoms with Crippen molar-refractivity contribution in [2.45, 2.75) is 24.9 Å². The van der Waals surface area contributed by atoms with Crippen molar-refractivity contribution in [1.29, 1.82) is 0 Å². The van der Waals surface area contributed by atoms with Crippen molar-refractivity contribution in [2.75, 3.05) is 5.75 Å². The Bertz CT molecular complexity index is 1370. The van der Waals surface area contributed by atoms with Crippen LogP contribution in [-0.4, -0.2) is 42.5 Å². The molecule has 1 N–H and O–H groups in total. The summed E-state index contributed by atoms with van der Waals surface area (Å²) in [6.07, 6.45) is 1.36. The van der Waals surface area contributed by atoms with E-state index in [1.807, 2.05) is 40.3 Å². The second kappa shape index (κ2) is 11.0. The summed E-state index contributed by atoms with van der Waals surface area (Å²) in [5.41, 5.74) is 4.74. The first kappa shape index (κ1) is 24.2. The van der Waals surface area contributed by atoms with Crippen molar-refractivity contribution < 1.29 is 9.72 Å². The molecule has 12 heteroatoms. The fraction of sp³-hybridized carbons (Fsp3) is 0.174. The van der Waals surface area contributed by atoms with Gasteiger partial charge in [0.05, 0.1) is 22.6 Å². The molecule has 10 nitrogen and oxygen atoms in total. The van der Waals surface area contributed by atoms with Crippen LogP contribution in [0.1, 0.15) is 31.0 Å². The molecule has 0 fully saturated rings. The van der Waals surface area contributed by atoms with Crippen LogP contribution < -0.4 is 5.43 Å². The van der Waals surface area contributed by atoms with Crippen molar-refractivity contribution in [3.8, 4) is 16.5 Å². The van der Waals surface area contributed by atoms with Crippen molar-refractivity contribution in [1.82, 2.24) is 25.2 Å². The summed E-state index contributed by atoms with van der Waals surface area (Å²) in [6, 6.07) is 15.6. The molecular weight excluding hydrogens is 486 g/mol. The fourth-order valence-corrected chi connectivity index (χ4v) is 4.72. The maximum atomic E-state index is 12.4. The average Bonchev–Trinajstić information content (AvgIpc) is 3.51. The van der Waals surface area contributed by atoms with E-state index < -0.39 is 4.92 Å². The highest BCUT2D eigenvalue weighted by molar-refractivity contribution is 7.99. The third kappa shape index (κ3) is 5.97. The van der Waals surface area contributed by atoms with E-state index in [1.54, 1.807) is 12.1 Å². The van der Waals surface area contributed by atoms with Crippen LogP contribution >= 0.6 is 23.1 Å². The van der Waals surface area contributed by atoms with Gasteiger partial charge in [-0.15, -0.1) is 21.5 Å². The monoisotopic (exact) mass is 507 g/mol. The summed E-state index contributed by atoms with van der Waals surface area (Å²) >= 11 is 2.73. The Morgan fingerprint density at radius 1 is 1.23 bits per heavy atom. The summed E-state index contributed by atoms with van der Waals surface area (Å²) in [5.74, 6) is 0.608. The zero-order valence-electron chi connectivity index (χ0n) is 18.9. The topological polar surface area (TPSA) is 128 Å². The van der Waals surface area contributed by atoms with Crippen LogP contribution in [0.4, 0.5) is 5.69 Å². The number of carbonyl (C=O) groups excluding carboxylic acids is 1. The first-order valence-electron chi connectivity index (χ1n) is 10.6. The maximum Gasteiger partial charge on any atom is 0.270 e. The van der Waals surface area contributed by atoms with E-state index in [0.29, 0.717) is 22.5 Å². The predicted molar refractivity (Wildman–Crippen MR) is 136 cm³/mol. The molecule has 2 aromatic carbocycles. The Morgan fingerprint density at radius 2 is 2.03 bits per heavy atom. The van der Waals surface area contributed by atoms with Crippen LogP contribution in [0.15, 0.2) is 70.2 Å². The van der Waals surface area contributed by atoms with Crippen LogP contribution in [0, 0.1) is 10.1 Å². The van der Waals surface area contributed by atoms with Crippen molar-refractivity contribution in [3.63, 3.8) is 0 Å². The molecule has 0 radical (unpaired) electrons. The normalized spacial score (nSPS) is 11.3. The minimum atomic E-state index is -0.487. The molecule has 0 aliphatic carbocycles. The molecule has 0 aliphatic rings. The number of thiazole rings is 1. The average molecular weight is 508 g/mol. The number of carbonyl (C=O) groups is 1. The fourth-order valence-electron chi connectivity index (χ4n) is 3.03. The van der Waals surface area contributed by atoms with E-state index in [4.69, 9.17) is 4.98 Å². The van der Waals surface area contributed by atoms with Crippen LogP contribution in [0.25, 0.3) is 16.5 Å². The number of para-hydroxylation sites is 1. The molecule has 0 bridgehead atoms. The van der Waals surface area contributed by atoms with Gasteiger partial charge in [0.2, 0.25) is 0 Å². The van der Waals surface area contributed by atoms with Gasteiger partial charge in [0.25, 0.3) is 11.6 Å². The number of benzene rings is 2. The van der Waals surface area contributed by atoms with Gasteiger partial charge in [0, 0.05) is 28.8 Å². The number of hydrazone groups is 1. The minimum absolute atomic E-state index is 0.0480. The molecule has 0 aliphatic heterocycles. The van der Waals surface area contributed by atoms with Crippen LogP contribution in [0.2, 0.25) is 0 Å². The number of nitro groups is 1. The standard InChI is InChI=1S/C23H21N7O3S2/c1-15(2)19-13-34-22(25-19)21-27-28-23(29(21)17-8-4-3-5-9-17)35-14-20(31)26-24-12-16-7-6-10-18(11-16)30(32)33/h3-13,15H,14H2,1-2H3,(H,26,31)/b24-12+. The number of nitro benzene ring substituents is 1. The Hall–Kier alpha value is -3.90. The maximum absolute atomic E-state index is 12.4. The minimum Gasteiger partial charge on any atom is -0.272 e. The lowest BCUT2D eigenvalue weighted by Crippen LogP contribution is -2.20. The third-order valence-corrected chi connectivity index (χ3v) is 6.55. The molecule has 2 heterocycles. The van der Waals surface area contributed by atoms with Gasteiger partial charge >= 0.3 is 0 Å². The highest BCUT2D eigenvalue weighted by atomic mass is 32.2. The van der Waals surface area contributed by atoms with Crippen LogP contribution in [0.3, 0.4) is 0 Å². The third-order valence-electron chi connectivity index (χ3n) is 4.77. The summed E-state index contributed by atoms with van der Waals surface area (Å²) in [5, 5.41) is 26.8. The van der Waals surface area contributed by atoms with Gasteiger partial charge in [-0.25, -0.2) is 10.4 Å². The van der Waals surface area contributed by atoms with E-state index in [-0.39, 0.29) is 17.3 Å². The van der Waals surface area contributed by atoms with Crippen molar-refractivity contribution in [2.24, 2.45) is 5.10 Å². The van der Waals surface area contributed by atoms with Gasteiger partial charge in [-0.05, 0) is 18.1 Å². The Labute approximate surface area is 209 Å². The number of hydrogen-bond donors (Lipinski definition) is 1. The molecule has 2 aromatic heterocycles. The van der Waals surface area contributed by atoms with Crippen LogP contribution in [0.5, 0.6) is 0 Å². The number of thioether (sulfide) groups is 1. The summed E-state index contributed by atoms with van der Waals surface area (Å²) in [6.45, 7) is 4.17. The lowest BCUT2D eigenvalue weighted by Gasteiger charge is -2.08. The number of aromatic nitrogens is 4. The van der Waals surface area contributed by atoms with Gasteiger partial charge in [-0.1, -0.05) is 55.9 Å². The molecule has 0 saturated carbocycles. The van der Waals surface area contributed by atoms with Crippen LogP contribution in [-0.2, 0) is 4.79 Å². The Kier molecular flexibility index (Phi) is 7.63. The Morgan fingerprint density at radius 3 is 2.74 bits per heavy atom. The summed E-state index contributed by atoms with van der Waals surface area (Å²) in [4.78, 5) is 27.5. The van der Waals surface area contributed by atoms with E-state index >= 15 is 0 Å². The van der Waals surface area contributed by atoms with Gasteiger partial charge < -0.3 is 0 Å². The van der Waals surface area contributed by atoms with Gasteiger partial charge in [0.1, 0.15) is 0 Å². The quantitative estimate of drug-likeness (QED) is 0.151. The number of hydrogen-bond acceptors (Lipinski definition) is 9. The zero-order valence-corrected chi connectivity index (χ0v) is 20.5. The predicted octanol–water partition coefficient (Wildman–Crippen LogP) is 4.66. The molecule has 0 atom stereocenters. The summed E-state index contributed by atoms with van der Waals surface area (Å²) < 4.78 is 1.88. The molecular formula is C23H21N7O3S2. The smallest absolute Gasteiger partial charge is 0.270 e. The highest BCUT2D eigenvalue weighted by Gasteiger charge is 2.20. The number of nitrogens with zero attached hydrogens (tertiary/aromatic N) is 6. The lowest BCUT2D eigenvalue weighted by atomic mass is 10.2. The van der Waals surface area contributed by atoms with E-state index in [0.717, 1.165) is 16.4 Å². The second-order valence-electron chi connectivity index (χ2n) is 7.64. The zero-order chi connectivity index (χ0) is 24.8. The van der Waals surface area contributed by atoms with Gasteiger partial charge in [0.15, 0.2) is 16.0 Å². The first-order valence-corrected chi connectivity index (χ1v) is 12.4. The first-order chi connectivity index (χ1) is 16.9. The number of non-ortho nitro benzene ring substituents is 1. The molecule has 0 unspecified atom stereocenters. The highest BCUT2D eigenvalue weighted by Crippen LogP contribution is 2.31. The molecule has 178 valence electrons. The van der Waals surface area contributed by atoms with Crippen molar-refractivity contribution >= 4 is 40.9 Å². The molecule has 0 spiro atoms. The van der Waals surface area contributed by atoms with Gasteiger partial charge in [-0.2, -0.15) is 5.10 Å². The SMILES string of the molecule is CC(C)c1csc(-c2nnc(SCC(=O)N/N=C/c3cccc([N+](=O)[O-])c3)n2-c2ccccc2)n1. The number of nitrogens with one attached hydrogen (secondary N) is 1. The molecule has 1 amide bonds. The largest absolute Gasteiger partial charge is 0.272 e. The van der Waals surface area contributed by atoms with E-state index in [2.05, 4.69) is 34.6 Å². The van der Waals surface area contributed by atoms with Crippen molar-refractivity contribution in [3.05, 3.63) is 81.3 Å². The molecule has 4 rings (SSSR count). The summed E-state index contributed by atoms with van der Waals surface area (Å²) in [7, 11) is 0. The van der Waals surface area contributed by atoms with E-state index in [9.17, 15) is 14.9 Å². The molecule has 0 saturated heterocycles. The van der Waals surface area contributed by atoms with E-state index in [1.165, 1.54) is 41.4 Å². The molecule has 4 aromatic rings. The number of rotatable bonds is 9. The lowest BCUT2D eigenvalue weighted by molar-refractivity contribution is -0.384.